The molecule has 0 aromatic carbocycles. The van der Waals surface area contributed by atoms with Crippen LogP contribution in [0.3, 0.4) is 0 Å². The second-order valence-electron chi connectivity index (χ2n) is 2.11. The summed E-state index contributed by atoms with van der Waals surface area (Å²) in [6, 6.07) is 0. The molecule has 0 saturated carbocycles. The fourth-order valence-corrected chi connectivity index (χ4v) is 0.964. The topological polar surface area (TPSA) is 17.3 Å². The molecule has 1 rings (SSSR count). The largest absolute Gasteiger partial charge is 0.660 e. The molecule has 0 aliphatic carbocycles. The summed E-state index contributed by atoms with van der Waals surface area (Å²) in [5, 5.41) is 4.23. The van der Waals surface area contributed by atoms with Crippen LogP contribution in [0.4, 0.5) is 0 Å². The molecular weight excluding hydrogens is 385 g/mol. The van der Waals surface area contributed by atoms with Crippen LogP contribution >= 0.6 is 0 Å². The Morgan fingerprint density at radius 1 is 1.27 bits per heavy atom. The second kappa shape index (κ2) is 11.7. The van der Waals surface area contributed by atoms with E-state index in [2.05, 4.69) is 17.1 Å². The van der Waals surface area contributed by atoms with E-state index in [1.807, 2.05) is 0 Å². The molecule has 1 radical (unpaired) electrons. The molecule has 1 aliphatic rings. The van der Waals surface area contributed by atoms with Crippen LogP contribution in [0.1, 0.15) is 6.92 Å². The molecule has 11 heavy (non-hydrogen) atoms. The zero-order chi connectivity index (χ0) is 5.82. The molecule has 4 heteroatoms. The molecule has 0 atom stereocenters. The van der Waals surface area contributed by atoms with E-state index in [1.54, 1.807) is 0 Å². The van der Waals surface area contributed by atoms with Gasteiger partial charge in [0, 0.05) is 53.8 Å². The van der Waals surface area contributed by atoms with Crippen molar-refractivity contribution >= 4 is 0 Å². The average Bonchev–Trinajstić information content (AvgIpc) is 1.90. The van der Waals surface area contributed by atoms with E-state index in [0.717, 1.165) is 13.1 Å². The first kappa shape index (κ1) is 18.5. The Morgan fingerprint density at radius 3 is 2.00 bits per heavy atom. The molecule has 1 aliphatic heterocycles. The standard InChI is InChI=1S/C6H13N2.CH3.W.Y/c1-2-8-5-3-7-4-6-8;;;/h2-6H2,1H3;1H3;;/q2*-1;;. The third kappa shape index (κ3) is 8.05. The van der Waals surface area contributed by atoms with Gasteiger partial charge in [0.25, 0.3) is 0 Å². The number of nitrogens with zero attached hydrogens (tertiary/aromatic N) is 2. The van der Waals surface area contributed by atoms with Crippen LogP contribution in [0.25, 0.3) is 5.32 Å². The molecule has 1 saturated heterocycles. The van der Waals surface area contributed by atoms with Crippen molar-refractivity contribution in [1.82, 2.24) is 4.90 Å². The summed E-state index contributed by atoms with van der Waals surface area (Å²) in [5.41, 5.74) is 0. The molecule has 1 fully saturated rings. The van der Waals surface area contributed by atoms with Gasteiger partial charge in [0.05, 0.1) is 0 Å². The Morgan fingerprint density at radius 2 is 1.73 bits per heavy atom. The van der Waals surface area contributed by atoms with Gasteiger partial charge in [0.15, 0.2) is 0 Å². The zero-order valence-corrected chi connectivity index (χ0v) is 13.2. The van der Waals surface area contributed by atoms with E-state index in [-0.39, 0.29) is 61.2 Å². The minimum atomic E-state index is 0. The average molecular weight is 401 g/mol. The summed E-state index contributed by atoms with van der Waals surface area (Å²) in [7, 11) is 0. The predicted molar refractivity (Wildman–Crippen MR) is 41.6 cm³/mol. The third-order valence-corrected chi connectivity index (χ3v) is 1.60. The number of rotatable bonds is 1. The molecular formula is C7H16N2WY-2. The normalized spacial score (nSPS) is 17.2. The van der Waals surface area contributed by atoms with Crippen molar-refractivity contribution in [3.05, 3.63) is 12.7 Å². The fraction of sp³-hybridized carbons (Fsp3) is 0.857. The quantitative estimate of drug-likeness (QED) is 0.603. The maximum Gasteiger partial charge on any atom is 0 e. The summed E-state index contributed by atoms with van der Waals surface area (Å²) in [4.78, 5) is 2.42. The Labute approximate surface area is 110 Å². The Bertz CT molecular complexity index is 67.5. The molecule has 0 aromatic heterocycles. The van der Waals surface area contributed by atoms with Crippen LogP contribution in [0.2, 0.25) is 0 Å². The molecule has 0 unspecified atom stereocenters. The number of piperazine rings is 1. The maximum absolute atomic E-state index is 4.23. The van der Waals surface area contributed by atoms with Gasteiger partial charge >= 0.3 is 0 Å². The maximum atomic E-state index is 4.23. The van der Waals surface area contributed by atoms with Gasteiger partial charge < -0.3 is 17.6 Å². The van der Waals surface area contributed by atoms with Gasteiger partial charge in [0.2, 0.25) is 0 Å². The van der Waals surface area contributed by atoms with E-state index in [4.69, 9.17) is 0 Å². The van der Waals surface area contributed by atoms with Gasteiger partial charge in [-0.1, -0.05) is 6.92 Å². The van der Waals surface area contributed by atoms with Crippen molar-refractivity contribution in [1.29, 1.82) is 0 Å². The van der Waals surface area contributed by atoms with Crippen molar-refractivity contribution in [2.45, 2.75) is 6.92 Å². The van der Waals surface area contributed by atoms with Crippen LogP contribution in [0.15, 0.2) is 0 Å². The molecule has 0 amide bonds. The van der Waals surface area contributed by atoms with Gasteiger partial charge in [-0.15, -0.1) is 13.1 Å². The monoisotopic (exact) mass is 401 g/mol. The van der Waals surface area contributed by atoms with Crippen LogP contribution in [-0.4, -0.2) is 37.6 Å². The number of hydrogen-bond acceptors (Lipinski definition) is 1. The van der Waals surface area contributed by atoms with Crippen molar-refractivity contribution in [3.63, 3.8) is 0 Å². The Hall–Kier alpha value is 1.71. The van der Waals surface area contributed by atoms with E-state index in [1.165, 1.54) is 19.6 Å². The molecule has 0 bridgehead atoms. The summed E-state index contributed by atoms with van der Waals surface area (Å²) < 4.78 is 0. The smallest absolute Gasteiger partial charge is 0 e. The van der Waals surface area contributed by atoms with Crippen LogP contribution in [0.5, 0.6) is 0 Å². The van der Waals surface area contributed by atoms with Gasteiger partial charge in [-0.05, 0) is 19.6 Å². The predicted octanol–water partition coefficient (Wildman–Crippen LogP) is 1.14. The molecule has 0 spiro atoms. The van der Waals surface area contributed by atoms with Gasteiger partial charge in [0.1, 0.15) is 0 Å². The van der Waals surface area contributed by atoms with Crippen molar-refractivity contribution < 1.29 is 53.8 Å². The zero-order valence-electron chi connectivity index (χ0n) is 7.42. The molecule has 0 N–H and O–H groups in total. The number of hydrogen-bond donors (Lipinski definition) is 0. The minimum Gasteiger partial charge on any atom is -0.660 e. The summed E-state index contributed by atoms with van der Waals surface area (Å²) in [5.74, 6) is 0. The van der Waals surface area contributed by atoms with E-state index in [0.29, 0.717) is 0 Å². The van der Waals surface area contributed by atoms with Crippen LogP contribution in [0, 0.1) is 7.43 Å². The van der Waals surface area contributed by atoms with Gasteiger partial charge in [-0.25, -0.2) is 0 Å². The fourth-order valence-electron chi connectivity index (χ4n) is 0.964. The molecule has 2 nitrogen and oxygen atoms in total. The third-order valence-electron chi connectivity index (χ3n) is 1.60. The van der Waals surface area contributed by atoms with Crippen LogP contribution < -0.4 is 0 Å². The molecule has 1 heterocycles. The van der Waals surface area contributed by atoms with Crippen molar-refractivity contribution in [3.8, 4) is 0 Å². The number of likely N-dealkylation sites (N-methyl/N-ethyl adjacent to an activating group) is 1. The first-order chi connectivity index (χ1) is 3.93. The van der Waals surface area contributed by atoms with Crippen LogP contribution in [-0.2, 0) is 53.8 Å². The first-order valence-electron chi connectivity index (χ1n) is 3.29. The van der Waals surface area contributed by atoms with Crippen molar-refractivity contribution in [2.24, 2.45) is 0 Å². The summed E-state index contributed by atoms with van der Waals surface area (Å²) >= 11 is 0. The molecule has 0 aromatic rings. The summed E-state index contributed by atoms with van der Waals surface area (Å²) in [6.07, 6.45) is 0. The van der Waals surface area contributed by atoms with E-state index < -0.39 is 0 Å². The summed E-state index contributed by atoms with van der Waals surface area (Å²) in [6.45, 7) is 7.84. The Balaban J connectivity index is -0.000000213. The van der Waals surface area contributed by atoms with E-state index in [9.17, 15) is 0 Å². The second-order valence-corrected chi connectivity index (χ2v) is 2.11. The molecule has 65 valence electrons. The van der Waals surface area contributed by atoms with Gasteiger partial charge in [-0.3, -0.25) is 0 Å². The minimum absolute atomic E-state index is 0. The SMILES string of the molecule is CCN1CC[N-]CC1.[CH3-].[W].[Y]. The van der Waals surface area contributed by atoms with E-state index >= 15 is 0 Å². The first-order valence-corrected chi connectivity index (χ1v) is 3.29. The van der Waals surface area contributed by atoms with Gasteiger partial charge in [-0.2, -0.15) is 0 Å². The van der Waals surface area contributed by atoms with Crippen molar-refractivity contribution in [2.75, 3.05) is 32.7 Å². The Kier molecular flexibility index (Phi) is 19.7.